The van der Waals surface area contributed by atoms with Crippen molar-refractivity contribution in [1.82, 2.24) is 14.6 Å². The number of rotatable bonds is 4. The van der Waals surface area contributed by atoms with Gasteiger partial charge in [-0.25, -0.2) is 9.78 Å². The summed E-state index contributed by atoms with van der Waals surface area (Å²) in [7, 11) is 0. The maximum Gasteiger partial charge on any atom is 0.416 e. The molecule has 0 saturated carbocycles. The van der Waals surface area contributed by atoms with E-state index in [0.29, 0.717) is 16.5 Å². The largest absolute Gasteiger partial charge is 0.443 e. The Bertz CT molecular complexity index is 1310. The minimum Gasteiger partial charge on any atom is -0.443 e. The highest BCUT2D eigenvalue weighted by Gasteiger charge is 2.27. The van der Waals surface area contributed by atoms with Gasteiger partial charge in [-0.3, -0.25) is 4.90 Å². The maximum absolute atomic E-state index is 13.4. The third-order valence-electron chi connectivity index (χ3n) is 4.91. The number of anilines is 1. The molecule has 2 aromatic carbocycles. The Labute approximate surface area is 211 Å². The van der Waals surface area contributed by atoms with Crippen LogP contribution < -0.4 is 4.90 Å². The quantitative estimate of drug-likeness (QED) is 0.249. The van der Waals surface area contributed by atoms with Gasteiger partial charge in [0, 0.05) is 26.3 Å². The Morgan fingerprint density at radius 1 is 1.12 bits per heavy atom. The molecule has 8 heteroatoms. The van der Waals surface area contributed by atoms with Crippen LogP contribution in [0, 0.1) is 10.5 Å². The predicted molar refractivity (Wildman–Crippen MR) is 140 cm³/mol. The normalized spacial score (nSPS) is 11.6. The molecule has 0 aliphatic heterocycles. The molecule has 1 amide bonds. The fourth-order valence-corrected chi connectivity index (χ4v) is 4.02. The second-order valence-corrected chi connectivity index (χ2v) is 10.4. The molecule has 0 fully saturated rings. The van der Waals surface area contributed by atoms with E-state index in [2.05, 4.69) is 27.7 Å². The monoisotopic (exact) mass is 574 g/mol. The fraction of sp³-hybridized carbons (Fsp3) is 0.240. The van der Waals surface area contributed by atoms with E-state index in [9.17, 15) is 4.79 Å². The van der Waals surface area contributed by atoms with E-state index >= 15 is 0 Å². The zero-order valence-electron chi connectivity index (χ0n) is 18.8. The van der Waals surface area contributed by atoms with Crippen LogP contribution in [0.4, 0.5) is 10.6 Å². The first-order chi connectivity index (χ1) is 15.6. The Morgan fingerprint density at radius 2 is 1.85 bits per heavy atom. The second-order valence-electron chi connectivity index (χ2n) is 8.77. The van der Waals surface area contributed by atoms with Crippen LogP contribution >= 0.6 is 34.2 Å². The van der Waals surface area contributed by atoms with Crippen molar-refractivity contribution in [2.24, 2.45) is 0 Å². The number of hydrogen-bond donors (Lipinski definition) is 0. The standard InChI is InChI=1S/C25H24ClIN4O2/c1-16-5-6-18(20(26)13-16)15-30(24(32)33-25(2,3)4)23-14-21(17-7-9-19(27)10-8-17)29-22-11-12-28-31(22)23/h5-14H,15H2,1-4H3. The molecule has 0 N–H and O–H groups in total. The minimum absolute atomic E-state index is 0.221. The fourth-order valence-electron chi connectivity index (χ4n) is 3.36. The van der Waals surface area contributed by atoms with Crippen molar-refractivity contribution >= 4 is 51.8 Å². The average molecular weight is 575 g/mol. The number of hydrogen-bond acceptors (Lipinski definition) is 4. The van der Waals surface area contributed by atoms with Crippen LogP contribution in [0.1, 0.15) is 31.9 Å². The van der Waals surface area contributed by atoms with Crippen molar-refractivity contribution in [3.63, 3.8) is 0 Å². The van der Waals surface area contributed by atoms with Gasteiger partial charge in [0.05, 0.1) is 18.4 Å². The summed E-state index contributed by atoms with van der Waals surface area (Å²) in [6, 6.07) is 17.5. The number of aryl methyl sites for hydroxylation is 1. The predicted octanol–water partition coefficient (Wildman–Crippen LogP) is 6.90. The number of carbonyl (C=O) groups excluding carboxylic acids is 1. The summed E-state index contributed by atoms with van der Waals surface area (Å²) in [5.74, 6) is 0.546. The van der Waals surface area contributed by atoms with Crippen molar-refractivity contribution < 1.29 is 9.53 Å². The van der Waals surface area contributed by atoms with E-state index in [4.69, 9.17) is 21.3 Å². The Kier molecular flexibility index (Phi) is 6.63. The Balaban J connectivity index is 1.86. The Hall–Kier alpha value is -2.65. The summed E-state index contributed by atoms with van der Waals surface area (Å²) in [6.07, 6.45) is 1.17. The lowest BCUT2D eigenvalue weighted by Crippen LogP contribution is -2.37. The van der Waals surface area contributed by atoms with Crippen LogP contribution in [0.2, 0.25) is 5.02 Å². The zero-order chi connectivity index (χ0) is 23.8. The van der Waals surface area contributed by atoms with Gasteiger partial charge in [-0.1, -0.05) is 35.9 Å². The van der Waals surface area contributed by atoms with Crippen LogP contribution in [0.25, 0.3) is 16.9 Å². The highest BCUT2D eigenvalue weighted by atomic mass is 127. The zero-order valence-corrected chi connectivity index (χ0v) is 21.8. The van der Waals surface area contributed by atoms with Crippen LogP contribution in [-0.2, 0) is 11.3 Å². The lowest BCUT2D eigenvalue weighted by atomic mass is 10.1. The molecular weight excluding hydrogens is 551 g/mol. The number of benzene rings is 2. The lowest BCUT2D eigenvalue weighted by Gasteiger charge is -2.28. The van der Waals surface area contributed by atoms with Crippen LogP contribution in [0.15, 0.2) is 60.8 Å². The number of halogens is 2. The molecule has 170 valence electrons. The van der Waals surface area contributed by atoms with Gasteiger partial charge in [0.25, 0.3) is 0 Å². The molecule has 0 spiro atoms. The number of aromatic nitrogens is 3. The highest BCUT2D eigenvalue weighted by Crippen LogP contribution is 2.29. The molecule has 2 aromatic heterocycles. The van der Waals surface area contributed by atoms with Gasteiger partial charge < -0.3 is 4.74 Å². The topological polar surface area (TPSA) is 59.7 Å². The number of nitrogens with zero attached hydrogens (tertiary/aromatic N) is 4. The molecule has 0 saturated heterocycles. The van der Waals surface area contributed by atoms with Gasteiger partial charge >= 0.3 is 6.09 Å². The number of amides is 1. The van der Waals surface area contributed by atoms with Crippen molar-refractivity contribution in [3.8, 4) is 11.3 Å². The molecule has 6 nitrogen and oxygen atoms in total. The first-order valence-electron chi connectivity index (χ1n) is 10.5. The maximum atomic E-state index is 13.4. The Morgan fingerprint density at radius 3 is 2.52 bits per heavy atom. The van der Waals surface area contributed by atoms with E-state index < -0.39 is 11.7 Å². The van der Waals surface area contributed by atoms with Gasteiger partial charge in [0.1, 0.15) is 11.4 Å². The molecule has 2 heterocycles. The van der Waals surface area contributed by atoms with Crippen LogP contribution in [-0.4, -0.2) is 26.3 Å². The second kappa shape index (κ2) is 9.30. The van der Waals surface area contributed by atoms with E-state index in [-0.39, 0.29) is 6.54 Å². The molecule has 0 atom stereocenters. The van der Waals surface area contributed by atoms with E-state index in [1.54, 1.807) is 15.6 Å². The van der Waals surface area contributed by atoms with Gasteiger partial charge in [0.15, 0.2) is 5.65 Å². The number of carbonyl (C=O) groups is 1. The SMILES string of the molecule is Cc1ccc(CN(C(=O)OC(C)(C)C)c2cc(-c3ccc(I)cc3)nc3ccnn23)c(Cl)c1. The average Bonchev–Trinajstić information content (AvgIpc) is 3.21. The van der Waals surface area contributed by atoms with Crippen molar-refractivity contribution in [2.45, 2.75) is 39.8 Å². The highest BCUT2D eigenvalue weighted by molar-refractivity contribution is 14.1. The first-order valence-corrected chi connectivity index (χ1v) is 11.9. The molecule has 4 aromatic rings. The van der Waals surface area contributed by atoms with Crippen LogP contribution in [0.5, 0.6) is 0 Å². The molecule has 0 bridgehead atoms. The minimum atomic E-state index is -0.665. The molecular formula is C25H24ClIN4O2. The summed E-state index contributed by atoms with van der Waals surface area (Å²) in [4.78, 5) is 19.7. The third-order valence-corrected chi connectivity index (χ3v) is 5.98. The van der Waals surface area contributed by atoms with E-state index in [1.165, 1.54) is 0 Å². The number of ether oxygens (including phenoxy) is 1. The number of fused-ring (bicyclic) bond motifs is 1. The van der Waals surface area contributed by atoms with Gasteiger partial charge in [-0.05, 0) is 79.6 Å². The van der Waals surface area contributed by atoms with E-state index in [0.717, 1.165) is 26.0 Å². The summed E-state index contributed by atoms with van der Waals surface area (Å²) in [5, 5.41) is 5.01. The molecule has 0 aliphatic rings. The summed E-state index contributed by atoms with van der Waals surface area (Å²) >= 11 is 8.79. The van der Waals surface area contributed by atoms with Gasteiger partial charge in [-0.15, -0.1) is 0 Å². The smallest absolute Gasteiger partial charge is 0.416 e. The van der Waals surface area contributed by atoms with E-state index in [1.807, 2.05) is 82.3 Å². The summed E-state index contributed by atoms with van der Waals surface area (Å²) in [6.45, 7) is 7.73. The molecule has 0 radical (unpaired) electrons. The van der Waals surface area contributed by atoms with Gasteiger partial charge in [0.2, 0.25) is 0 Å². The van der Waals surface area contributed by atoms with Crippen LogP contribution in [0.3, 0.4) is 0 Å². The molecule has 0 aliphatic carbocycles. The van der Waals surface area contributed by atoms with Crippen molar-refractivity contribution in [1.29, 1.82) is 0 Å². The molecule has 0 unspecified atom stereocenters. The summed E-state index contributed by atoms with van der Waals surface area (Å²) in [5.41, 5.74) is 3.50. The first kappa shape index (κ1) is 23.5. The molecule has 33 heavy (non-hydrogen) atoms. The van der Waals surface area contributed by atoms with Gasteiger partial charge in [-0.2, -0.15) is 9.61 Å². The van der Waals surface area contributed by atoms with Crippen molar-refractivity contribution in [3.05, 3.63) is 80.5 Å². The third kappa shape index (κ3) is 5.47. The molecule has 4 rings (SSSR count). The van der Waals surface area contributed by atoms with Crippen molar-refractivity contribution in [2.75, 3.05) is 4.90 Å². The lowest BCUT2D eigenvalue weighted by molar-refractivity contribution is 0.0575. The summed E-state index contributed by atoms with van der Waals surface area (Å²) < 4.78 is 8.53.